The Morgan fingerprint density at radius 3 is 2.68 bits per heavy atom. The lowest BCUT2D eigenvalue weighted by Gasteiger charge is -2.34. The number of halogens is 1. The standard InChI is InChI=1S/C21H28FN3O3/c1-15(2)19-14-25(21(27)9-8-18-12-20(26)23-28-18)11-3-10-24(19)13-16-4-6-17(22)7-5-16/h4-7,12,15,19H,3,8-11,13-14H2,1-2H3,(H,23,26). The van der Waals surface area contributed by atoms with E-state index in [1.54, 1.807) is 0 Å². The Labute approximate surface area is 164 Å². The first kappa shape index (κ1) is 20.3. The molecule has 3 rings (SSSR count). The van der Waals surface area contributed by atoms with Gasteiger partial charge < -0.3 is 9.42 Å². The third-order valence-electron chi connectivity index (χ3n) is 5.33. The van der Waals surface area contributed by atoms with Gasteiger partial charge in [0.2, 0.25) is 5.91 Å². The van der Waals surface area contributed by atoms with Crippen molar-refractivity contribution in [1.82, 2.24) is 15.0 Å². The molecular formula is C21H28FN3O3. The molecule has 1 atom stereocenters. The van der Waals surface area contributed by atoms with Gasteiger partial charge in [0, 0.05) is 51.1 Å². The summed E-state index contributed by atoms with van der Waals surface area (Å²) >= 11 is 0. The van der Waals surface area contributed by atoms with E-state index in [9.17, 15) is 14.0 Å². The second-order valence-electron chi connectivity index (χ2n) is 7.78. The van der Waals surface area contributed by atoms with Crippen LogP contribution in [0.25, 0.3) is 0 Å². The lowest BCUT2D eigenvalue weighted by molar-refractivity contribution is -0.131. The molecule has 1 fully saturated rings. The Bertz CT molecular complexity index is 828. The van der Waals surface area contributed by atoms with Gasteiger partial charge in [0.05, 0.1) is 0 Å². The van der Waals surface area contributed by atoms with E-state index in [4.69, 9.17) is 4.52 Å². The SMILES string of the molecule is CC(C)C1CN(C(=O)CCc2cc(=O)[nH]o2)CCCN1Cc1ccc(F)cc1. The fourth-order valence-electron chi connectivity index (χ4n) is 3.78. The number of amides is 1. The van der Waals surface area contributed by atoms with Crippen LogP contribution in [0.1, 0.15) is 38.0 Å². The van der Waals surface area contributed by atoms with E-state index in [1.165, 1.54) is 18.2 Å². The van der Waals surface area contributed by atoms with Crippen molar-refractivity contribution in [3.8, 4) is 0 Å². The summed E-state index contributed by atoms with van der Waals surface area (Å²) in [7, 11) is 0. The highest BCUT2D eigenvalue weighted by atomic mass is 19.1. The first-order chi connectivity index (χ1) is 13.4. The highest BCUT2D eigenvalue weighted by molar-refractivity contribution is 5.76. The molecule has 0 saturated carbocycles. The minimum Gasteiger partial charge on any atom is -0.384 e. The molecule has 2 heterocycles. The van der Waals surface area contributed by atoms with E-state index >= 15 is 0 Å². The zero-order valence-electron chi connectivity index (χ0n) is 16.5. The van der Waals surface area contributed by atoms with Gasteiger partial charge >= 0.3 is 0 Å². The third-order valence-corrected chi connectivity index (χ3v) is 5.33. The lowest BCUT2D eigenvalue weighted by atomic mass is 10.0. The van der Waals surface area contributed by atoms with E-state index in [1.807, 2.05) is 17.0 Å². The first-order valence-corrected chi connectivity index (χ1v) is 9.86. The van der Waals surface area contributed by atoms with Gasteiger partial charge in [-0.05, 0) is 30.0 Å². The average Bonchev–Trinajstić information content (AvgIpc) is 2.96. The molecular weight excluding hydrogens is 361 g/mol. The van der Waals surface area contributed by atoms with E-state index in [-0.39, 0.29) is 23.3 Å². The summed E-state index contributed by atoms with van der Waals surface area (Å²) in [4.78, 5) is 28.2. The second-order valence-corrected chi connectivity index (χ2v) is 7.78. The summed E-state index contributed by atoms with van der Waals surface area (Å²) in [6.45, 7) is 7.39. The summed E-state index contributed by atoms with van der Waals surface area (Å²) in [6.07, 6.45) is 1.64. The molecule has 0 spiro atoms. The number of nitrogens with one attached hydrogen (secondary N) is 1. The number of carbonyl (C=O) groups excluding carboxylic acids is 1. The first-order valence-electron chi connectivity index (χ1n) is 9.86. The van der Waals surface area contributed by atoms with Crippen LogP contribution in [-0.2, 0) is 17.8 Å². The topological polar surface area (TPSA) is 69.5 Å². The van der Waals surface area contributed by atoms with Crippen LogP contribution in [0.4, 0.5) is 4.39 Å². The van der Waals surface area contributed by atoms with Crippen molar-refractivity contribution in [1.29, 1.82) is 0 Å². The number of hydrogen-bond acceptors (Lipinski definition) is 4. The number of H-pyrrole nitrogens is 1. The maximum Gasteiger partial charge on any atom is 0.280 e. The Morgan fingerprint density at radius 1 is 1.29 bits per heavy atom. The zero-order valence-corrected chi connectivity index (χ0v) is 16.5. The number of carbonyl (C=O) groups is 1. The van der Waals surface area contributed by atoms with Crippen LogP contribution in [0.15, 0.2) is 39.6 Å². The van der Waals surface area contributed by atoms with Crippen LogP contribution in [-0.4, -0.2) is 46.5 Å². The summed E-state index contributed by atoms with van der Waals surface area (Å²) in [5, 5.41) is 2.25. The highest BCUT2D eigenvalue weighted by Gasteiger charge is 2.29. The van der Waals surface area contributed by atoms with E-state index in [0.717, 1.165) is 31.6 Å². The predicted octanol–water partition coefficient (Wildman–Crippen LogP) is 2.80. The number of hydrogen-bond donors (Lipinski definition) is 1. The van der Waals surface area contributed by atoms with Crippen molar-refractivity contribution < 1.29 is 13.7 Å². The maximum absolute atomic E-state index is 13.2. The van der Waals surface area contributed by atoms with Crippen LogP contribution in [0.3, 0.4) is 0 Å². The minimum atomic E-state index is -0.284. The van der Waals surface area contributed by atoms with Gasteiger partial charge in [-0.1, -0.05) is 26.0 Å². The van der Waals surface area contributed by atoms with E-state index < -0.39 is 0 Å². The quantitative estimate of drug-likeness (QED) is 0.825. The van der Waals surface area contributed by atoms with Crippen LogP contribution in [0.5, 0.6) is 0 Å². The second kappa shape index (κ2) is 9.19. The Kier molecular flexibility index (Phi) is 6.67. The molecule has 0 bridgehead atoms. The van der Waals surface area contributed by atoms with Crippen molar-refractivity contribution in [3.63, 3.8) is 0 Å². The van der Waals surface area contributed by atoms with Crippen LogP contribution >= 0.6 is 0 Å². The molecule has 1 unspecified atom stereocenters. The number of rotatable bonds is 6. The largest absolute Gasteiger partial charge is 0.384 e. The monoisotopic (exact) mass is 389 g/mol. The molecule has 1 aliphatic heterocycles. The van der Waals surface area contributed by atoms with Gasteiger partial charge in [-0.25, -0.2) is 4.39 Å². The van der Waals surface area contributed by atoms with Crippen molar-refractivity contribution in [2.45, 2.75) is 45.7 Å². The molecule has 0 aliphatic carbocycles. The van der Waals surface area contributed by atoms with Gasteiger partial charge in [-0.3, -0.25) is 14.5 Å². The normalized spacial score (nSPS) is 18.4. The highest BCUT2D eigenvalue weighted by Crippen LogP contribution is 2.21. The minimum absolute atomic E-state index is 0.0816. The Balaban J connectivity index is 1.63. The number of benzene rings is 1. The fraction of sp³-hybridized carbons (Fsp3) is 0.524. The van der Waals surface area contributed by atoms with Crippen LogP contribution in [0.2, 0.25) is 0 Å². The molecule has 1 N–H and O–H groups in total. The molecule has 152 valence electrons. The van der Waals surface area contributed by atoms with E-state index in [0.29, 0.717) is 31.1 Å². The molecule has 1 aliphatic rings. The van der Waals surface area contributed by atoms with E-state index in [2.05, 4.69) is 23.9 Å². The molecule has 1 aromatic carbocycles. The summed E-state index contributed by atoms with van der Waals surface area (Å²) in [6, 6.07) is 8.26. The van der Waals surface area contributed by atoms with Gasteiger partial charge in [0.1, 0.15) is 11.6 Å². The number of aromatic nitrogens is 1. The average molecular weight is 389 g/mol. The van der Waals surface area contributed by atoms with Gasteiger partial charge in [-0.15, -0.1) is 0 Å². The Hall–Kier alpha value is -2.41. The molecule has 1 saturated heterocycles. The molecule has 2 aromatic rings. The van der Waals surface area contributed by atoms with Gasteiger partial charge in [0.25, 0.3) is 5.56 Å². The number of nitrogens with zero attached hydrogens (tertiary/aromatic N) is 2. The van der Waals surface area contributed by atoms with Crippen molar-refractivity contribution in [2.24, 2.45) is 5.92 Å². The van der Waals surface area contributed by atoms with Crippen molar-refractivity contribution in [3.05, 3.63) is 57.8 Å². The molecule has 1 aromatic heterocycles. The summed E-state index contributed by atoms with van der Waals surface area (Å²) in [5.74, 6) is 0.747. The zero-order chi connectivity index (χ0) is 20.1. The summed E-state index contributed by atoms with van der Waals surface area (Å²) in [5.41, 5.74) is 0.794. The van der Waals surface area contributed by atoms with Gasteiger partial charge in [0.15, 0.2) is 0 Å². The molecule has 1 amide bonds. The smallest absolute Gasteiger partial charge is 0.280 e. The van der Waals surface area contributed by atoms with Crippen LogP contribution in [0, 0.1) is 11.7 Å². The predicted molar refractivity (Wildman–Crippen MR) is 104 cm³/mol. The third kappa shape index (κ3) is 5.32. The lowest BCUT2D eigenvalue weighted by Crippen LogP contribution is -2.45. The Morgan fingerprint density at radius 2 is 2.04 bits per heavy atom. The number of aryl methyl sites for hydroxylation is 1. The molecule has 28 heavy (non-hydrogen) atoms. The molecule has 6 nitrogen and oxygen atoms in total. The van der Waals surface area contributed by atoms with Crippen LogP contribution < -0.4 is 5.56 Å². The van der Waals surface area contributed by atoms with Crippen molar-refractivity contribution in [2.75, 3.05) is 19.6 Å². The summed E-state index contributed by atoms with van der Waals surface area (Å²) < 4.78 is 18.2. The van der Waals surface area contributed by atoms with Gasteiger partial charge in [-0.2, -0.15) is 5.16 Å². The molecule has 7 heteroatoms. The fourth-order valence-corrected chi connectivity index (χ4v) is 3.78. The molecule has 0 radical (unpaired) electrons. The van der Waals surface area contributed by atoms with Crippen molar-refractivity contribution >= 4 is 5.91 Å². The maximum atomic E-state index is 13.2. The number of aromatic amines is 1.